The molecule has 0 bridgehead atoms. The second-order valence-corrected chi connectivity index (χ2v) is 15.6. The smallest absolute Gasteiger partial charge is 0.216 e. The molecule has 0 saturated heterocycles. The van der Waals surface area contributed by atoms with Gasteiger partial charge in [0.05, 0.1) is 27.8 Å². The Labute approximate surface area is 323 Å². The molecule has 5 heterocycles. The van der Waals surface area contributed by atoms with Crippen molar-refractivity contribution >= 4 is 71.5 Å². The molecule has 0 amide bonds. The van der Waals surface area contributed by atoms with Gasteiger partial charge in [0.15, 0.2) is 0 Å². The fourth-order valence-corrected chi connectivity index (χ4v) is 8.59. The number of hydrogen-bond donors (Lipinski definition) is 0. The molecule has 4 aromatic heterocycles. The SMILES string of the molecule is CC(C)(C)c1ccnc(-n2c3ccccc3c3ccc(Oc4cccc(N5Cn6c7c5cccc7c5ccccc5c5ccccc5n5ccnc65)c4)cc32)c1. The monoisotopic (exact) mass is 726 g/mol. The third-order valence-electron chi connectivity index (χ3n) is 11.2. The number of aromatic nitrogens is 5. The first kappa shape index (κ1) is 32.3. The van der Waals surface area contributed by atoms with Crippen molar-refractivity contribution < 1.29 is 4.74 Å². The number of imidazole rings is 1. The molecule has 6 aromatic carbocycles. The second-order valence-electron chi connectivity index (χ2n) is 15.6. The predicted molar refractivity (Wildman–Crippen MR) is 229 cm³/mol. The molecule has 0 atom stereocenters. The Bertz CT molecular complexity index is 3270. The van der Waals surface area contributed by atoms with Gasteiger partial charge in [0.1, 0.15) is 24.0 Å². The van der Waals surface area contributed by atoms with Crippen molar-refractivity contribution in [2.75, 3.05) is 4.90 Å². The minimum atomic E-state index is -0.00354. The maximum Gasteiger partial charge on any atom is 0.216 e. The highest BCUT2D eigenvalue weighted by molar-refractivity contribution is 6.16. The molecule has 10 aromatic rings. The Morgan fingerprint density at radius 3 is 2.05 bits per heavy atom. The van der Waals surface area contributed by atoms with Crippen LogP contribution in [-0.4, -0.2) is 23.5 Å². The van der Waals surface area contributed by atoms with Crippen molar-refractivity contribution in [1.82, 2.24) is 23.5 Å². The van der Waals surface area contributed by atoms with Gasteiger partial charge >= 0.3 is 0 Å². The predicted octanol–water partition coefficient (Wildman–Crippen LogP) is 12.4. The van der Waals surface area contributed by atoms with E-state index >= 15 is 0 Å². The number of fused-ring (bicyclic) bond motifs is 10. The Hall–Kier alpha value is -7.12. The number of nitrogens with zero attached hydrogens (tertiary/aromatic N) is 6. The fourth-order valence-electron chi connectivity index (χ4n) is 8.59. The van der Waals surface area contributed by atoms with Crippen LogP contribution in [0.15, 0.2) is 164 Å². The van der Waals surface area contributed by atoms with Crippen molar-refractivity contribution in [3.8, 4) is 17.3 Å². The lowest BCUT2D eigenvalue weighted by atomic mass is 9.88. The standard InChI is InChI=1S/C49H38N6O/c1-49(2,3)32-24-25-50-46(28-32)55-43-20-9-7-17-39(43)40-23-22-35(30-45(40)55)56-34-13-10-12-33(29-34)53-31-54-47-41(18-11-21-44(47)53)37-15-5-4-14-36(37)38-16-6-8-19-42(38)52-27-26-51-48(52)54/h4-30H,31H2,1-3H3. The molecule has 0 unspecified atom stereocenters. The molecule has 56 heavy (non-hydrogen) atoms. The summed E-state index contributed by atoms with van der Waals surface area (Å²) in [6, 6.07) is 51.5. The van der Waals surface area contributed by atoms with E-state index in [4.69, 9.17) is 14.7 Å². The average molecular weight is 727 g/mol. The Morgan fingerprint density at radius 1 is 0.554 bits per heavy atom. The van der Waals surface area contributed by atoms with E-state index in [-0.39, 0.29) is 5.41 Å². The minimum absolute atomic E-state index is 0.00354. The Morgan fingerprint density at radius 2 is 1.23 bits per heavy atom. The maximum atomic E-state index is 6.72. The number of anilines is 2. The van der Waals surface area contributed by atoms with Gasteiger partial charge in [0.25, 0.3) is 0 Å². The normalized spacial score (nSPS) is 12.8. The zero-order valence-corrected chi connectivity index (χ0v) is 31.4. The maximum absolute atomic E-state index is 6.72. The fraction of sp³-hybridized carbons (Fsp3) is 0.102. The Kier molecular flexibility index (Phi) is 7.04. The zero-order valence-electron chi connectivity index (χ0n) is 31.4. The third-order valence-corrected chi connectivity index (χ3v) is 11.2. The van der Waals surface area contributed by atoms with Crippen LogP contribution in [0.25, 0.3) is 66.0 Å². The van der Waals surface area contributed by atoms with Crippen LogP contribution < -0.4 is 9.64 Å². The summed E-state index contributed by atoms with van der Waals surface area (Å²) >= 11 is 0. The van der Waals surface area contributed by atoms with E-state index in [0.717, 1.165) is 61.9 Å². The molecule has 0 saturated carbocycles. The average Bonchev–Trinajstić information content (AvgIpc) is 3.95. The quantitative estimate of drug-likeness (QED) is 0.181. The van der Waals surface area contributed by atoms with Gasteiger partial charge in [-0.25, -0.2) is 9.97 Å². The van der Waals surface area contributed by atoms with Crippen LogP contribution in [0.1, 0.15) is 26.3 Å². The molecule has 0 radical (unpaired) electrons. The first-order chi connectivity index (χ1) is 27.4. The number of para-hydroxylation sites is 3. The molecule has 1 aliphatic heterocycles. The van der Waals surface area contributed by atoms with E-state index < -0.39 is 0 Å². The molecule has 0 aliphatic carbocycles. The molecular weight excluding hydrogens is 689 g/mol. The molecule has 7 nitrogen and oxygen atoms in total. The number of ether oxygens (including phenoxy) is 1. The van der Waals surface area contributed by atoms with Gasteiger partial charge < -0.3 is 9.64 Å². The molecule has 0 N–H and O–H groups in total. The van der Waals surface area contributed by atoms with Crippen molar-refractivity contribution in [3.05, 3.63) is 170 Å². The Balaban J connectivity index is 1.04. The van der Waals surface area contributed by atoms with Gasteiger partial charge in [-0.3, -0.25) is 13.5 Å². The number of hydrogen-bond acceptors (Lipinski definition) is 4. The minimum Gasteiger partial charge on any atom is -0.457 e. The van der Waals surface area contributed by atoms with Crippen LogP contribution in [0.5, 0.6) is 11.5 Å². The van der Waals surface area contributed by atoms with Gasteiger partial charge in [-0.1, -0.05) is 99.6 Å². The summed E-state index contributed by atoms with van der Waals surface area (Å²) in [5.41, 5.74) is 7.78. The van der Waals surface area contributed by atoms with Gasteiger partial charge in [0.2, 0.25) is 5.78 Å². The first-order valence-corrected chi connectivity index (χ1v) is 19.1. The van der Waals surface area contributed by atoms with Crippen LogP contribution in [0, 0.1) is 0 Å². The number of pyridine rings is 1. The lowest BCUT2D eigenvalue weighted by Crippen LogP contribution is -2.15. The van der Waals surface area contributed by atoms with Crippen LogP contribution in [0.4, 0.5) is 11.4 Å². The van der Waals surface area contributed by atoms with Crippen molar-refractivity contribution in [3.63, 3.8) is 0 Å². The number of benzene rings is 6. The second kappa shape index (κ2) is 12.2. The van der Waals surface area contributed by atoms with E-state index in [1.807, 2.05) is 18.5 Å². The molecule has 11 rings (SSSR count). The van der Waals surface area contributed by atoms with E-state index in [2.05, 4.69) is 185 Å². The molecule has 0 fully saturated rings. The summed E-state index contributed by atoms with van der Waals surface area (Å²) in [7, 11) is 0. The van der Waals surface area contributed by atoms with Crippen LogP contribution >= 0.6 is 0 Å². The number of rotatable bonds is 4. The van der Waals surface area contributed by atoms with Gasteiger partial charge in [-0.05, 0) is 76.3 Å². The summed E-state index contributed by atoms with van der Waals surface area (Å²) in [6.45, 7) is 7.29. The molecule has 0 spiro atoms. The van der Waals surface area contributed by atoms with E-state index in [9.17, 15) is 0 Å². The molecule has 7 heteroatoms. The lowest BCUT2D eigenvalue weighted by molar-refractivity contribution is 0.483. The lowest BCUT2D eigenvalue weighted by Gasteiger charge is -2.20. The van der Waals surface area contributed by atoms with Gasteiger partial charge in [-0.15, -0.1) is 0 Å². The molecule has 270 valence electrons. The van der Waals surface area contributed by atoms with E-state index in [1.165, 1.54) is 32.5 Å². The summed E-state index contributed by atoms with van der Waals surface area (Å²) in [6.07, 6.45) is 5.88. The highest BCUT2D eigenvalue weighted by atomic mass is 16.5. The zero-order chi connectivity index (χ0) is 37.5. The molecular formula is C49H38N6O. The van der Waals surface area contributed by atoms with E-state index in [1.54, 1.807) is 0 Å². The van der Waals surface area contributed by atoms with Crippen LogP contribution in [0.2, 0.25) is 0 Å². The van der Waals surface area contributed by atoms with Gasteiger partial charge in [-0.2, -0.15) is 0 Å². The largest absolute Gasteiger partial charge is 0.457 e. The van der Waals surface area contributed by atoms with Crippen molar-refractivity contribution in [1.29, 1.82) is 0 Å². The molecule has 1 aliphatic rings. The van der Waals surface area contributed by atoms with E-state index in [0.29, 0.717) is 6.67 Å². The highest BCUT2D eigenvalue weighted by Crippen LogP contribution is 2.42. The summed E-state index contributed by atoms with van der Waals surface area (Å²) < 4.78 is 13.5. The van der Waals surface area contributed by atoms with Crippen LogP contribution in [-0.2, 0) is 12.1 Å². The summed E-state index contributed by atoms with van der Waals surface area (Å²) in [5, 5.41) is 7.08. The topological polar surface area (TPSA) is 52.5 Å². The van der Waals surface area contributed by atoms with Crippen molar-refractivity contribution in [2.45, 2.75) is 32.9 Å². The third kappa shape index (κ3) is 4.97. The van der Waals surface area contributed by atoms with Crippen LogP contribution in [0.3, 0.4) is 0 Å². The summed E-state index contributed by atoms with van der Waals surface area (Å²) in [5.74, 6) is 3.29. The van der Waals surface area contributed by atoms with Gasteiger partial charge in [0, 0.05) is 58.0 Å². The first-order valence-electron chi connectivity index (χ1n) is 19.1. The van der Waals surface area contributed by atoms with Crippen molar-refractivity contribution in [2.24, 2.45) is 0 Å². The highest BCUT2D eigenvalue weighted by Gasteiger charge is 2.25. The summed E-state index contributed by atoms with van der Waals surface area (Å²) in [4.78, 5) is 12.2.